The average molecular weight is 487 g/mol. The standard InChI is InChI=1S/C26H31ClN2O5/c1-5-6-15-34-20-12-9-18(16-21(20)33-4)23-22(24(30)17-7-10-19(27)11-8-17)25(31)26(32)29(23)14-13-28(2)3/h7-12,16,23,30H,5-6,13-15H2,1-4H3/b24-22+. The zero-order valence-electron chi connectivity index (χ0n) is 20.0. The Kier molecular flexibility index (Phi) is 8.58. The van der Waals surface area contributed by atoms with Gasteiger partial charge in [0.1, 0.15) is 5.76 Å². The van der Waals surface area contributed by atoms with Crippen LogP contribution < -0.4 is 9.47 Å². The second-order valence-corrected chi connectivity index (χ2v) is 8.85. The number of nitrogens with zero attached hydrogens (tertiary/aromatic N) is 2. The van der Waals surface area contributed by atoms with Crippen molar-refractivity contribution in [1.29, 1.82) is 0 Å². The lowest BCUT2D eigenvalue weighted by Gasteiger charge is -2.27. The van der Waals surface area contributed by atoms with Crippen molar-refractivity contribution in [1.82, 2.24) is 9.80 Å². The Morgan fingerprint density at radius 2 is 1.82 bits per heavy atom. The third-order valence-corrected chi connectivity index (χ3v) is 5.96. The molecule has 8 heteroatoms. The summed E-state index contributed by atoms with van der Waals surface area (Å²) in [6.45, 7) is 3.52. The Morgan fingerprint density at radius 1 is 1.12 bits per heavy atom. The summed E-state index contributed by atoms with van der Waals surface area (Å²) in [7, 11) is 5.33. The summed E-state index contributed by atoms with van der Waals surface area (Å²) in [6.07, 6.45) is 1.92. The number of ketones is 1. The van der Waals surface area contributed by atoms with E-state index < -0.39 is 17.7 Å². The van der Waals surface area contributed by atoms with E-state index in [9.17, 15) is 14.7 Å². The van der Waals surface area contributed by atoms with Gasteiger partial charge in [0.15, 0.2) is 11.5 Å². The number of rotatable bonds is 10. The van der Waals surface area contributed by atoms with Crippen molar-refractivity contribution in [3.05, 3.63) is 64.2 Å². The van der Waals surface area contributed by atoms with Crippen molar-refractivity contribution >= 4 is 29.1 Å². The maximum Gasteiger partial charge on any atom is 0.295 e. The number of aliphatic hydroxyl groups excluding tert-OH is 1. The van der Waals surface area contributed by atoms with Gasteiger partial charge < -0.3 is 24.4 Å². The molecule has 0 radical (unpaired) electrons. The molecule has 0 saturated carbocycles. The number of unbranched alkanes of at least 4 members (excludes halogenated alkanes) is 1. The largest absolute Gasteiger partial charge is 0.507 e. The lowest BCUT2D eigenvalue weighted by atomic mass is 9.95. The Bertz CT molecular complexity index is 1070. The molecule has 34 heavy (non-hydrogen) atoms. The maximum atomic E-state index is 13.1. The fourth-order valence-electron chi connectivity index (χ4n) is 3.83. The van der Waals surface area contributed by atoms with Crippen molar-refractivity contribution in [2.24, 2.45) is 0 Å². The molecule has 0 aliphatic carbocycles. The molecule has 1 fully saturated rings. The Labute approximate surface area is 205 Å². The Morgan fingerprint density at radius 3 is 2.44 bits per heavy atom. The SMILES string of the molecule is CCCCOc1ccc(C2/C(=C(\O)c3ccc(Cl)cc3)C(=O)C(=O)N2CCN(C)C)cc1OC. The molecule has 1 amide bonds. The quantitative estimate of drug-likeness (QED) is 0.230. The van der Waals surface area contributed by atoms with Crippen LogP contribution in [0.25, 0.3) is 5.76 Å². The molecule has 0 bridgehead atoms. The van der Waals surface area contributed by atoms with Gasteiger partial charge in [-0.05, 0) is 62.5 Å². The van der Waals surface area contributed by atoms with Crippen LogP contribution in [0, 0.1) is 0 Å². The maximum absolute atomic E-state index is 13.1. The molecule has 182 valence electrons. The van der Waals surface area contributed by atoms with E-state index in [2.05, 4.69) is 6.92 Å². The summed E-state index contributed by atoms with van der Waals surface area (Å²) >= 11 is 5.98. The molecule has 1 unspecified atom stereocenters. The molecule has 1 atom stereocenters. The molecule has 2 aromatic rings. The van der Waals surface area contributed by atoms with Crippen molar-refractivity contribution in [2.75, 3.05) is 40.9 Å². The van der Waals surface area contributed by atoms with Gasteiger partial charge in [0, 0.05) is 23.7 Å². The van der Waals surface area contributed by atoms with Crippen LogP contribution in [0.15, 0.2) is 48.0 Å². The van der Waals surface area contributed by atoms with Gasteiger partial charge >= 0.3 is 0 Å². The van der Waals surface area contributed by atoms with E-state index in [0.717, 1.165) is 12.8 Å². The molecule has 0 spiro atoms. The zero-order chi connectivity index (χ0) is 24.8. The highest BCUT2D eigenvalue weighted by atomic mass is 35.5. The molecule has 2 aromatic carbocycles. The zero-order valence-corrected chi connectivity index (χ0v) is 20.8. The van der Waals surface area contributed by atoms with Gasteiger partial charge in [-0.2, -0.15) is 0 Å². The third-order valence-electron chi connectivity index (χ3n) is 5.70. The normalized spacial score (nSPS) is 17.5. The van der Waals surface area contributed by atoms with Crippen LogP contribution >= 0.6 is 11.6 Å². The highest BCUT2D eigenvalue weighted by Crippen LogP contribution is 2.42. The van der Waals surface area contributed by atoms with Crippen LogP contribution in [0.1, 0.15) is 36.9 Å². The number of ether oxygens (including phenoxy) is 2. The van der Waals surface area contributed by atoms with Crippen LogP contribution in [0.2, 0.25) is 5.02 Å². The van der Waals surface area contributed by atoms with E-state index in [-0.39, 0.29) is 11.3 Å². The Balaban J connectivity index is 2.10. The second kappa shape index (κ2) is 11.4. The molecular weight excluding hydrogens is 456 g/mol. The number of likely N-dealkylation sites (N-methyl/N-ethyl adjacent to an activating group) is 1. The van der Waals surface area contributed by atoms with Crippen LogP contribution in [0.5, 0.6) is 11.5 Å². The van der Waals surface area contributed by atoms with E-state index >= 15 is 0 Å². The number of aliphatic hydroxyl groups is 1. The van der Waals surface area contributed by atoms with Crippen LogP contribution in [-0.2, 0) is 9.59 Å². The van der Waals surface area contributed by atoms with Gasteiger partial charge in [-0.3, -0.25) is 9.59 Å². The predicted molar refractivity (Wildman–Crippen MR) is 132 cm³/mol. The molecule has 1 aliphatic rings. The topological polar surface area (TPSA) is 79.3 Å². The number of halogens is 1. The van der Waals surface area contributed by atoms with Crippen molar-refractivity contribution in [3.63, 3.8) is 0 Å². The van der Waals surface area contributed by atoms with E-state index in [0.29, 0.717) is 47.3 Å². The minimum atomic E-state index is -0.769. The van der Waals surface area contributed by atoms with Crippen molar-refractivity contribution < 1.29 is 24.2 Å². The number of methoxy groups -OCH3 is 1. The lowest BCUT2D eigenvalue weighted by molar-refractivity contribution is -0.140. The number of carbonyl (C=O) groups excluding carboxylic acids is 2. The number of amides is 1. The monoisotopic (exact) mass is 486 g/mol. The first-order chi connectivity index (χ1) is 16.3. The first kappa shape index (κ1) is 25.6. The number of likely N-dealkylation sites (tertiary alicyclic amines) is 1. The first-order valence-electron chi connectivity index (χ1n) is 11.3. The summed E-state index contributed by atoms with van der Waals surface area (Å²) in [6, 6.07) is 11.1. The molecule has 1 heterocycles. The molecule has 1 saturated heterocycles. The van der Waals surface area contributed by atoms with E-state index in [1.54, 1.807) is 49.6 Å². The smallest absolute Gasteiger partial charge is 0.295 e. The van der Waals surface area contributed by atoms with Gasteiger partial charge in [0.25, 0.3) is 11.7 Å². The summed E-state index contributed by atoms with van der Waals surface area (Å²) in [4.78, 5) is 29.6. The molecule has 3 rings (SSSR count). The third kappa shape index (κ3) is 5.54. The van der Waals surface area contributed by atoms with E-state index in [1.807, 2.05) is 19.0 Å². The molecule has 1 aliphatic heterocycles. The number of Topliss-reactive ketones (excluding diaryl/α,β-unsaturated/α-hetero) is 1. The minimum Gasteiger partial charge on any atom is -0.507 e. The number of carbonyl (C=O) groups is 2. The number of hydrogen-bond donors (Lipinski definition) is 1. The Hall–Kier alpha value is -3.03. The van der Waals surface area contributed by atoms with Crippen LogP contribution in [0.4, 0.5) is 0 Å². The van der Waals surface area contributed by atoms with Gasteiger partial charge in [0.05, 0.1) is 25.3 Å². The highest BCUT2D eigenvalue weighted by molar-refractivity contribution is 6.46. The first-order valence-corrected chi connectivity index (χ1v) is 11.7. The van der Waals surface area contributed by atoms with E-state index in [1.165, 1.54) is 4.90 Å². The average Bonchev–Trinajstić information content (AvgIpc) is 3.07. The van der Waals surface area contributed by atoms with Gasteiger partial charge in [-0.1, -0.05) is 31.0 Å². The summed E-state index contributed by atoms with van der Waals surface area (Å²) < 4.78 is 11.4. The second-order valence-electron chi connectivity index (χ2n) is 8.41. The summed E-state index contributed by atoms with van der Waals surface area (Å²) in [5, 5.41) is 11.6. The lowest BCUT2D eigenvalue weighted by Crippen LogP contribution is -2.35. The van der Waals surface area contributed by atoms with Crippen LogP contribution in [-0.4, -0.2) is 67.5 Å². The minimum absolute atomic E-state index is 0.0350. The fourth-order valence-corrected chi connectivity index (χ4v) is 3.95. The van der Waals surface area contributed by atoms with Gasteiger partial charge in [0.2, 0.25) is 0 Å². The van der Waals surface area contributed by atoms with Gasteiger partial charge in [-0.15, -0.1) is 0 Å². The number of benzene rings is 2. The molecule has 7 nitrogen and oxygen atoms in total. The summed E-state index contributed by atoms with van der Waals surface area (Å²) in [5.74, 6) is -0.529. The van der Waals surface area contributed by atoms with Crippen molar-refractivity contribution in [3.8, 4) is 11.5 Å². The molecular formula is C26H31ClN2O5. The predicted octanol–water partition coefficient (Wildman–Crippen LogP) is 4.51. The van der Waals surface area contributed by atoms with Crippen molar-refractivity contribution in [2.45, 2.75) is 25.8 Å². The molecule has 1 N–H and O–H groups in total. The highest BCUT2D eigenvalue weighted by Gasteiger charge is 2.46. The van der Waals surface area contributed by atoms with Gasteiger partial charge in [-0.25, -0.2) is 0 Å². The molecule has 0 aromatic heterocycles. The van der Waals surface area contributed by atoms with Crippen LogP contribution in [0.3, 0.4) is 0 Å². The summed E-state index contributed by atoms with van der Waals surface area (Å²) in [5.41, 5.74) is 1.09. The van der Waals surface area contributed by atoms with E-state index in [4.69, 9.17) is 21.1 Å². The fraction of sp³-hybridized carbons (Fsp3) is 0.385. The number of hydrogen-bond acceptors (Lipinski definition) is 6.